The summed E-state index contributed by atoms with van der Waals surface area (Å²) in [7, 11) is -2.16. The van der Waals surface area contributed by atoms with Gasteiger partial charge in [-0.2, -0.15) is 4.31 Å². The largest absolute Gasteiger partial charge is 0.323 e. The Kier molecular flexibility index (Phi) is 4.01. The van der Waals surface area contributed by atoms with Crippen molar-refractivity contribution >= 4 is 32.7 Å². The Morgan fingerprint density at radius 1 is 1.04 bits per heavy atom. The number of fused-ring (bicyclic) bond motifs is 1. The van der Waals surface area contributed by atoms with Crippen molar-refractivity contribution in [3.05, 3.63) is 63.5 Å². The molecule has 0 aliphatic carbocycles. The van der Waals surface area contributed by atoms with Crippen molar-refractivity contribution in [2.75, 3.05) is 7.05 Å². The predicted octanol–water partition coefficient (Wildman–Crippen LogP) is 2.33. The fourth-order valence-electron chi connectivity index (χ4n) is 2.28. The van der Waals surface area contributed by atoms with Gasteiger partial charge >= 0.3 is 5.69 Å². The second kappa shape index (κ2) is 5.84. The van der Waals surface area contributed by atoms with Gasteiger partial charge in [-0.15, -0.1) is 0 Å². The minimum absolute atomic E-state index is 0.122. The fourth-order valence-corrected chi connectivity index (χ4v) is 3.60. The Hall–Kier alpha value is -2.09. The van der Waals surface area contributed by atoms with Gasteiger partial charge in [0.1, 0.15) is 0 Å². The van der Waals surface area contributed by atoms with Gasteiger partial charge in [-0.1, -0.05) is 23.7 Å². The predicted molar refractivity (Wildman–Crippen MR) is 89.0 cm³/mol. The molecule has 6 nitrogen and oxygen atoms in total. The van der Waals surface area contributed by atoms with Crippen LogP contribution in [0.15, 0.2) is 52.2 Å². The molecule has 0 radical (unpaired) electrons. The number of nitrogens with one attached hydrogen (secondary N) is 2. The van der Waals surface area contributed by atoms with Gasteiger partial charge in [0, 0.05) is 18.6 Å². The van der Waals surface area contributed by atoms with E-state index in [9.17, 15) is 13.2 Å². The molecule has 0 aliphatic heterocycles. The molecule has 0 saturated carbocycles. The zero-order valence-electron chi connectivity index (χ0n) is 12.2. The van der Waals surface area contributed by atoms with Gasteiger partial charge in [0.05, 0.1) is 15.9 Å². The number of aromatic amines is 2. The topological polar surface area (TPSA) is 86.0 Å². The van der Waals surface area contributed by atoms with E-state index in [4.69, 9.17) is 11.6 Å². The van der Waals surface area contributed by atoms with Gasteiger partial charge in [0.2, 0.25) is 10.0 Å². The van der Waals surface area contributed by atoms with Crippen molar-refractivity contribution in [2.45, 2.75) is 11.4 Å². The van der Waals surface area contributed by atoms with Crippen LogP contribution in [0.25, 0.3) is 11.0 Å². The van der Waals surface area contributed by atoms with Crippen molar-refractivity contribution in [3.63, 3.8) is 0 Å². The van der Waals surface area contributed by atoms with Crippen molar-refractivity contribution in [1.82, 2.24) is 14.3 Å². The van der Waals surface area contributed by atoms with Gasteiger partial charge in [0.15, 0.2) is 0 Å². The summed E-state index contributed by atoms with van der Waals surface area (Å²) in [6.07, 6.45) is 0. The zero-order valence-corrected chi connectivity index (χ0v) is 13.8. The molecule has 0 unspecified atom stereocenters. The second-order valence-electron chi connectivity index (χ2n) is 5.17. The van der Waals surface area contributed by atoms with Crippen LogP contribution in [0.5, 0.6) is 0 Å². The van der Waals surface area contributed by atoms with E-state index in [1.807, 2.05) is 0 Å². The molecule has 1 aromatic heterocycles. The van der Waals surface area contributed by atoms with Gasteiger partial charge in [0.25, 0.3) is 0 Å². The Balaban J connectivity index is 1.91. The van der Waals surface area contributed by atoms with Crippen molar-refractivity contribution < 1.29 is 8.42 Å². The summed E-state index contributed by atoms with van der Waals surface area (Å²) >= 11 is 5.83. The Bertz CT molecular complexity index is 1010. The number of hydrogen-bond acceptors (Lipinski definition) is 3. The Labute approximate surface area is 137 Å². The SMILES string of the molecule is CN(Cc1ccc(Cl)cc1)S(=O)(=O)c1ccc2[nH]c(=O)[nH]c2c1. The number of halogens is 1. The maximum Gasteiger partial charge on any atom is 0.323 e. The first-order valence-corrected chi connectivity index (χ1v) is 8.61. The summed E-state index contributed by atoms with van der Waals surface area (Å²) in [4.78, 5) is 16.5. The molecule has 0 aliphatic rings. The summed E-state index contributed by atoms with van der Waals surface area (Å²) in [5.74, 6) is 0. The van der Waals surface area contributed by atoms with Crippen LogP contribution in [0.3, 0.4) is 0 Å². The first kappa shape index (κ1) is 15.8. The molecular formula is C15H14ClN3O3S. The van der Waals surface area contributed by atoms with Crippen LogP contribution in [0.4, 0.5) is 0 Å². The third-order valence-electron chi connectivity index (χ3n) is 3.51. The van der Waals surface area contributed by atoms with Crippen LogP contribution >= 0.6 is 11.6 Å². The molecule has 120 valence electrons. The Morgan fingerprint density at radius 2 is 1.70 bits per heavy atom. The maximum absolute atomic E-state index is 12.7. The monoisotopic (exact) mass is 351 g/mol. The van der Waals surface area contributed by atoms with E-state index in [-0.39, 0.29) is 17.1 Å². The molecule has 23 heavy (non-hydrogen) atoms. The van der Waals surface area contributed by atoms with E-state index < -0.39 is 10.0 Å². The molecule has 1 heterocycles. The van der Waals surface area contributed by atoms with Crippen molar-refractivity contribution in [3.8, 4) is 0 Å². The van der Waals surface area contributed by atoms with Crippen LogP contribution in [0.2, 0.25) is 5.02 Å². The minimum atomic E-state index is -3.67. The molecule has 2 N–H and O–H groups in total. The van der Waals surface area contributed by atoms with E-state index >= 15 is 0 Å². The van der Waals surface area contributed by atoms with Crippen LogP contribution in [0, 0.1) is 0 Å². The number of H-pyrrole nitrogens is 2. The molecule has 3 aromatic rings. The molecule has 3 rings (SSSR count). The highest BCUT2D eigenvalue weighted by atomic mass is 35.5. The maximum atomic E-state index is 12.7. The Morgan fingerprint density at radius 3 is 2.39 bits per heavy atom. The van der Waals surface area contributed by atoms with Crippen molar-refractivity contribution in [2.24, 2.45) is 0 Å². The van der Waals surface area contributed by atoms with E-state index in [1.165, 1.54) is 23.5 Å². The van der Waals surface area contributed by atoms with Gasteiger partial charge in [-0.3, -0.25) is 0 Å². The molecule has 0 atom stereocenters. The highest BCUT2D eigenvalue weighted by Gasteiger charge is 2.21. The molecule has 0 amide bonds. The molecule has 0 saturated heterocycles. The summed E-state index contributed by atoms with van der Waals surface area (Å²) in [6, 6.07) is 11.5. The average molecular weight is 352 g/mol. The number of benzene rings is 2. The fraction of sp³-hybridized carbons (Fsp3) is 0.133. The minimum Gasteiger partial charge on any atom is -0.306 e. The van der Waals surface area contributed by atoms with E-state index in [0.29, 0.717) is 16.1 Å². The second-order valence-corrected chi connectivity index (χ2v) is 7.66. The van der Waals surface area contributed by atoms with Gasteiger partial charge in [-0.05, 0) is 35.9 Å². The number of aromatic nitrogens is 2. The summed E-state index contributed by atoms with van der Waals surface area (Å²) in [5, 5.41) is 0.598. The lowest BCUT2D eigenvalue weighted by molar-refractivity contribution is 0.467. The molecule has 0 spiro atoms. The molecule has 8 heteroatoms. The van der Waals surface area contributed by atoms with Gasteiger partial charge < -0.3 is 9.97 Å². The van der Waals surface area contributed by atoms with Crippen LogP contribution in [0.1, 0.15) is 5.56 Å². The third-order valence-corrected chi connectivity index (χ3v) is 5.57. The first-order chi connectivity index (χ1) is 10.9. The van der Waals surface area contributed by atoms with Crippen LogP contribution < -0.4 is 5.69 Å². The normalized spacial score (nSPS) is 12.1. The highest BCUT2D eigenvalue weighted by molar-refractivity contribution is 7.89. The van der Waals surface area contributed by atoms with Crippen molar-refractivity contribution in [1.29, 1.82) is 0 Å². The average Bonchev–Trinajstić information content (AvgIpc) is 2.88. The molecule has 2 aromatic carbocycles. The zero-order chi connectivity index (χ0) is 16.6. The molecular weight excluding hydrogens is 338 g/mol. The van der Waals surface area contributed by atoms with E-state index in [2.05, 4.69) is 9.97 Å². The van der Waals surface area contributed by atoms with Crippen LogP contribution in [-0.4, -0.2) is 29.7 Å². The number of sulfonamides is 1. The lowest BCUT2D eigenvalue weighted by Gasteiger charge is -2.17. The third kappa shape index (κ3) is 3.17. The van der Waals surface area contributed by atoms with Crippen LogP contribution in [-0.2, 0) is 16.6 Å². The lowest BCUT2D eigenvalue weighted by Crippen LogP contribution is -2.26. The summed E-state index contributed by atoms with van der Waals surface area (Å²) in [6.45, 7) is 0.223. The first-order valence-electron chi connectivity index (χ1n) is 6.79. The standard InChI is InChI=1S/C15H14ClN3O3S/c1-19(9-10-2-4-11(16)5-3-10)23(21,22)12-6-7-13-14(8-12)18-15(20)17-13/h2-8H,9H2,1H3,(H2,17,18,20). The van der Waals surface area contributed by atoms with Gasteiger partial charge in [-0.25, -0.2) is 13.2 Å². The van der Waals surface area contributed by atoms with E-state index in [1.54, 1.807) is 30.3 Å². The number of nitrogens with zero attached hydrogens (tertiary/aromatic N) is 1. The van der Waals surface area contributed by atoms with E-state index in [0.717, 1.165) is 5.56 Å². The molecule has 0 fully saturated rings. The quantitative estimate of drug-likeness (QED) is 0.756. The summed E-state index contributed by atoms with van der Waals surface area (Å²) < 4.78 is 26.6. The molecule has 0 bridgehead atoms. The highest BCUT2D eigenvalue weighted by Crippen LogP contribution is 2.20. The number of hydrogen-bond donors (Lipinski definition) is 2. The summed E-state index contributed by atoms with van der Waals surface area (Å²) in [5.41, 5.74) is 1.48. The lowest BCUT2D eigenvalue weighted by atomic mass is 10.2. The number of imidazole rings is 1. The smallest absolute Gasteiger partial charge is 0.306 e. The number of rotatable bonds is 4.